The fourth-order valence-electron chi connectivity index (χ4n) is 3.04. The Bertz CT molecular complexity index is 366. The van der Waals surface area contributed by atoms with E-state index >= 15 is 0 Å². The second-order valence-electron chi connectivity index (χ2n) is 5.90. The number of nitrogens with two attached hydrogens (primary N) is 1. The number of nitrogens with one attached hydrogen (secondary N) is 1. The van der Waals surface area contributed by atoms with Gasteiger partial charge in [-0.2, -0.15) is 0 Å². The van der Waals surface area contributed by atoms with E-state index in [0.29, 0.717) is 6.42 Å². The molecule has 0 aromatic heterocycles. The third kappa shape index (κ3) is 4.70. The molecular formula is C13H29N3O2S. The van der Waals surface area contributed by atoms with Gasteiger partial charge in [-0.15, -0.1) is 0 Å². The zero-order valence-electron chi connectivity index (χ0n) is 12.5. The minimum absolute atomic E-state index is 0.0166. The Hall–Kier alpha value is -0.170. The second kappa shape index (κ2) is 7.02. The van der Waals surface area contributed by atoms with Crippen LogP contribution in [0.3, 0.4) is 0 Å². The zero-order valence-corrected chi connectivity index (χ0v) is 13.3. The lowest BCUT2D eigenvalue weighted by molar-refractivity contribution is 0.0801. The Balaban J connectivity index is 2.64. The topological polar surface area (TPSA) is 75.4 Å². The van der Waals surface area contributed by atoms with Gasteiger partial charge in [0.25, 0.3) is 0 Å². The zero-order chi connectivity index (χ0) is 14.5. The van der Waals surface area contributed by atoms with Gasteiger partial charge in [0.15, 0.2) is 0 Å². The highest BCUT2D eigenvalue weighted by atomic mass is 32.2. The van der Waals surface area contributed by atoms with Gasteiger partial charge in [-0.25, -0.2) is 8.42 Å². The summed E-state index contributed by atoms with van der Waals surface area (Å²) >= 11 is 0. The summed E-state index contributed by atoms with van der Waals surface area (Å²) in [5.74, 6) is 5.97. The third-order valence-corrected chi connectivity index (χ3v) is 5.53. The van der Waals surface area contributed by atoms with Crippen LogP contribution in [0.25, 0.3) is 0 Å². The molecule has 1 saturated heterocycles. The number of nitrogens with zero attached hydrogens (tertiary/aromatic N) is 1. The molecule has 1 fully saturated rings. The quantitative estimate of drug-likeness (QED) is 0.513. The Kier molecular flexibility index (Phi) is 6.23. The maximum absolute atomic E-state index is 11.2. The molecular weight excluding hydrogens is 262 g/mol. The van der Waals surface area contributed by atoms with E-state index in [-0.39, 0.29) is 17.3 Å². The Morgan fingerprint density at radius 3 is 2.37 bits per heavy atom. The van der Waals surface area contributed by atoms with Gasteiger partial charge < -0.3 is 0 Å². The lowest BCUT2D eigenvalue weighted by Gasteiger charge is -2.44. The van der Waals surface area contributed by atoms with Crippen LogP contribution in [0.1, 0.15) is 46.0 Å². The van der Waals surface area contributed by atoms with Crippen molar-refractivity contribution in [2.24, 2.45) is 5.84 Å². The molecule has 0 amide bonds. The molecule has 5 nitrogen and oxygen atoms in total. The average Bonchev–Trinajstić information content (AvgIpc) is 2.86. The Morgan fingerprint density at radius 2 is 1.95 bits per heavy atom. The molecule has 0 aromatic carbocycles. The van der Waals surface area contributed by atoms with Crippen molar-refractivity contribution in [2.45, 2.75) is 57.5 Å². The van der Waals surface area contributed by atoms with Crippen molar-refractivity contribution in [1.82, 2.24) is 10.3 Å². The normalized spacial score (nSPS) is 22.3. The van der Waals surface area contributed by atoms with E-state index < -0.39 is 9.84 Å². The van der Waals surface area contributed by atoms with Crippen molar-refractivity contribution in [1.29, 1.82) is 0 Å². The standard InChI is InChI=1S/C13H29N3O2S/c1-4-13(2,16-9-5-6-10-16)12(15-14)8-7-11-19(3,17)18/h12,15H,4-11,14H2,1-3H3. The highest BCUT2D eigenvalue weighted by Gasteiger charge is 2.38. The molecule has 0 saturated carbocycles. The van der Waals surface area contributed by atoms with Crippen LogP contribution in [-0.2, 0) is 9.84 Å². The fourth-order valence-corrected chi connectivity index (χ4v) is 3.73. The van der Waals surface area contributed by atoms with E-state index in [0.717, 1.165) is 25.9 Å². The van der Waals surface area contributed by atoms with Crippen LogP contribution in [0.4, 0.5) is 0 Å². The van der Waals surface area contributed by atoms with Gasteiger partial charge in [0, 0.05) is 23.6 Å². The van der Waals surface area contributed by atoms with Crippen molar-refractivity contribution >= 4 is 9.84 Å². The van der Waals surface area contributed by atoms with Crippen molar-refractivity contribution in [3.05, 3.63) is 0 Å². The molecule has 0 aromatic rings. The van der Waals surface area contributed by atoms with E-state index in [2.05, 4.69) is 24.2 Å². The van der Waals surface area contributed by atoms with E-state index in [1.54, 1.807) is 0 Å². The van der Waals surface area contributed by atoms with Crippen LogP contribution in [0.15, 0.2) is 0 Å². The highest BCUT2D eigenvalue weighted by molar-refractivity contribution is 7.90. The minimum atomic E-state index is -2.88. The minimum Gasteiger partial charge on any atom is -0.296 e. The van der Waals surface area contributed by atoms with E-state index in [1.165, 1.54) is 19.1 Å². The van der Waals surface area contributed by atoms with Crippen molar-refractivity contribution in [2.75, 3.05) is 25.1 Å². The summed E-state index contributed by atoms with van der Waals surface area (Å²) in [5, 5.41) is 0. The Morgan fingerprint density at radius 1 is 1.37 bits per heavy atom. The van der Waals surface area contributed by atoms with Crippen LogP contribution in [0, 0.1) is 0 Å². The molecule has 2 atom stereocenters. The molecule has 0 bridgehead atoms. The van der Waals surface area contributed by atoms with Gasteiger partial charge in [-0.1, -0.05) is 6.92 Å². The molecule has 0 spiro atoms. The summed E-state index contributed by atoms with van der Waals surface area (Å²) in [6.45, 7) is 6.66. The van der Waals surface area contributed by atoms with Crippen molar-refractivity contribution in [3.63, 3.8) is 0 Å². The first-order valence-corrected chi connectivity index (χ1v) is 9.28. The molecule has 6 heteroatoms. The van der Waals surface area contributed by atoms with Gasteiger partial charge in [-0.3, -0.25) is 16.2 Å². The first-order valence-electron chi connectivity index (χ1n) is 7.22. The number of hydrogen-bond donors (Lipinski definition) is 2. The maximum Gasteiger partial charge on any atom is 0.147 e. The van der Waals surface area contributed by atoms with Crippen LogP contribution in [0.5, 0.6) is 0 Å². The van der Waals surface area contributed by atoms with Crippen molar-refractivity contribution in [3.8, 4) is 0 Å². The molecule has 2 unspecified atom stereocenters. The predicted octanol–water partition coefficient (Wildman–Crippen LogP) is 0.908. The number of rotatable bonds is 8. The second-order valence-corrected chi connectivity index (χ2v) is 8.16. The van der Waals surface area contributed by atoms with Gasteiger partial charge in [-0.05, 0) is 52.1 Å². The summed E-state index contributed by atoms with van der Waals surface area (Å²) < 4.78 is 22.4. The van der Waals surface area contributed by atoms with Crippen molar-refractivity contribution < 1.29 is 8.42 Å². The van der Waals surface area contributed by atoms with Gasteiger partial charge in [0.05, 0.1) is 0 Å². The number of likely N-dealkylation sites (tertiary alicyclic amines) is 1. The first kappa shape index (κ1) is 16.9. The van der Waals surface area contributed by atoms with E-state index in [1.807, 2.05) is 0 Å². The molecule has 1 aliphatic heterocycles. The average molecular weight is 291 g/mol. The van der Waals surface area contributed by atoms with Crippen LogP contribution in [0.2, 0.25) is 0 Å². The van der Waals surface area contributed by atoms with Crippen LogP contribution >= 0.6 is 0 Å². The smallest absolute Gasteiger partial charge is 0.147 e. The van der Waals surface area contributed by atoms with Gasteiger partial charge >= 0.3 is 0 Å². The SMILES string of the molecule is CCC(C)(C(CCCS(C)(=O)=O)NN)N1CCCC1. The third-order valence-electron chi connectivity index (χ3n) is 4.50. The molecule has 19 heavy (non-hydrogen) atoms. The maximum atomic E-state index is 11.2. The lowest BCUT2D eigenvalue weighted by atomic mass is 9.85. The number of hydrazine groups is 1. The Labute approximate surface area is 117 Å². The summed E-state index contributed by atoms with van der Waals surface area (Å²) in [6.07, 6.45) is 6.26. The molecule has 1 rings (SSSR count). The van der Waals surface area contributed by atoms with Crippen LogP contribution in [-0.4, -0.2) is 50.0 Å². The summed E-state index contributed by atoms with van der Waals surface area (Å²) in [5.41, 5.74) is 2.94. The monoisotopic (exact) mass is 291 g/mol. The highest BCUT2D eigenvalue weighted by Crippen LogP contribution is 2.29. The molecule has 1 heterocycles. The van der Waals surface area contributed by atoms with Crippen LogP contribution < -0.4 is 11.3 Å². The number of hydrogen-bond acceptors (Lipinski definition) is 5. The molecule has 1 aliphatic rings. The largest absolute Gasteiger partial charge is 0.296 e. The number of sulfone groups is 1. The molecule has 0 radical (unpaired) electrons. The summed E-state index contributed by atoms with van der Waals surface area (Å²) in [6, 6.07) is 0.136. The molecule has 0 aliphatic carbocycles. The predicted molar refractivity (Wildman–Crippen MR) is 79.6 cm³/mol. The lowest BCUT2D eigenvalue weighted by Crippen LogP contribution is -2.60. The first-order chi connectivity index (χ1) is 8.83. The summed E-state index contributed by atoms with van der Waals surface area (Å²) in [4.78, 5) is 2.50. The summed E-state index contributed by atoms with van der Waals surface area (Å²) in [7, 11) is -2.88. The van der Waals surface area contributed by atoms with Gasteiger partial charge in [0.2, 0.25) is 0 Å². The van der Waals surface area contributed by atoms with E-state index in [9.17, 15) is 8.42 Å². The fraction of sp³-hybridized carbons (Fsp3) is 1.00. The molecule has 114 valence electrons. The molecule has 3 N–H and O–H groups in total. The van der Waals surface area contributed by atoms with E-state index in [4.69, 9.17) is 5.84 Å². The van der Waals surface area contributed by atoms with Gasteiger partial charge in [0.1, 0.15) is 9.84 Å².